The van der Waals surface area contributed by atoms with Crippen molar-refractivity contribution >= 4 is 29.9 Å². The molecule has 2 unspecified atom stereocenters. The van der Waals surface area contributed by atoms with Gasteiger partial charge in [0.05, 0.1) is 0 Å². The molecule has 1 aliphatic carbocycles. The molecule has 1 saturated carbocycles. The van der Waals surface area contributed by atoms with Crippen molar-refractivity contribution in [3.63, 3.8) is 0 Å². The van der Waals surface area contributed by atoms with Gasteiger partial charge in [-0.3, -0.25) is 9.89 Å². The van der Waals surface area contributed by atoms with Crippen LogP contribution in [0.3, 0.4) is 0 Å². The first-order chi connectivity index (χ1) is 11.1. The lowest BCUT2D eigenvalue weighted by molar-refractivity contribution is 0.247. The molecule has 24 heavy (non-hydrogen) atoms. The minimum absolute atomic E-state index is 0. The van der Waals surface area contributed by atoms with E-state index in [4.69, 9.17) is 0 Å². The van der Waals surface area contributed by atoms with Gasteiger partial charge in [-0.1, -0.05) is 30.3 Å². The van der Waals surface area contributed by atoms with Crippen molar-refractivity contribution in [2.24, 2.45) is 4.99 Å². The van der Waals surface area contributed by atoms with Crippen molar-refractivity contribution in [1.29, 1.82) is 0 Å². The zero-order chi connectivity index (χ0) is 16.7. The fraction of sp³-hybridized carbons (Fsp3) is 0.632. The molecule has 1 aliphatic rings. The van der Waals surface area contributed by atoms with Crippen LogP contribution in [-0.4, -0.2) is 49.6 Å². The Kier molecular flexibility index (Phi) is 9.66. The fourth-order valence-electron chi connectivity index (χ4n) is 2.76. The molecular weight excluding hydrogens is 411 g/mol. The van der Waals surface area contributed by atoms with Gasteiger partial charge in [0.15, 0.2) is 5.96 Å². The predicted molar refractivity (Wildman–Crippen MR) is 114 cm³/mol. The van der Waals surface area contributed by atoms with Gasteiger partial charge in [0.2, 0.25) is 0 Å². The second kappa shape index (κ2) is 10.9. The summed E-state index contributed by atoms with van der Waals surface area (Å²) in [7, 11) is 4.07. The molecule has 0 saturated heterocycles. The zero-order valence-corrected chi connectivity index (χ0v) is 17.8. The van der Waals surface area contributed by atoms with Crippen LogP contribution < -0.4 is 10.6 Å². The Bertz CT molecular complexity index is 487. The molecule has 0 radical (unpaired) electrons. The van der Waals surface area contributed by atoms with Crippen LogP contribution in [0.4, 0.5) is 0 Å². The third-order valence-electron chi connectivity index (χ3n) is 4.70. The second-order valence-corrected chi connectivity index (χ2v) is 6.77. The third kappa shape index (κ3) is 7.38. The molecule has 0 aliphatic heterocycles. The van der Waals surface area contributed by atoms with Crippen LogP contribution in [0, 0.1) is 0 Å². The fourth-order valence-corrected chi connectivity index (χ4v) is 2.76. The molecule has 1 aromatic rings. The van der Waals surface area contributed by atoms with Gasteiger partial charge >= 0.3 is 0 Å². The summed E-state index contributed by atoms with van der Waals surface area (Å²) in [5.41, 5.74) is 1.39. The van der Waals surface area contributed by atoms with Crippen LogP contribution >= 0.6 is 24.0 Å². The highest BCUT2D eigenvalue weighted by molar-refractivity contribution is 14.0. The molecule has 0 aromatic heterocycles. The molecular formula is C19H33IN4. The van der Waals surface area contributed by atoms with E-state index in [1.807, 2.05) is 7.05 Å². The maximum atomic E-state index is 4.35. The molecule has 0 bridgehead atoms. The Balaban J connectivity index is 0.00000288. The van der Waals surface area contributed by atoms with Crippen molar-refractivity contribution in [2.45, 2.75) is 57.7 Å². The monoisotopic (exact) mass is 444 g/mol. The number of hydrogen-bond donors (Lipinski definition) is 2. The van der Waals surface area contributed by atoms with Gasteiger partial charge < -0.3 is 10.6 Å². The van der Waals surface area contributed by atoms with E-state index >= 15 is 0 Å². The number of nitrogens with one attached hydrogen (secondary N) is 2. The van der Waals surface area contributed by atoms with Crippen molar-refractivity contribution in [3.05, 3.63) is 35.9 Å². The smallest absolute Gasteiger partial charge is 0.191 e. The number of halogens is 1. The number of nitrogens with zero attached hydrogens (tertiary/aromatic N) is 2. The Labute approximate surface area is 164 Å². The SMILES string of the molecule is CN=C(NCC(C)N(C)C1CC1)NC(C)CCc1ccccc1.I. The molecule has 5 heteroatoms. The average Bonchev–Trinajstić information content (AvgIpc) is 3.41. The molecule has 0 spiro atoms. The lowest BCUT2D eigenvalue weighted by Gasteiger charge is -2.26. The Morgan fingerprint density at radius 1 is 1.25 bits per heavy atom. The maximum absolute atomic E-state index is 4.35. The lowest BCUT2D eigenvalue weighted by atomic mass is 10.1. The summed E-state index contributed by atoms with van der Waals surface area (Å²) in [6, 6.07) is 12.4. The number of likely N-dealkylation sites (N-methyl/N-ethyl adjacent to an activating group) is 1. The Hall–Kier alpha value is -0.820. The summed E-state index contributed by atoms with van der Waals surface area (Å²) in [6.45, 7) is 5.42. The summed E-state index contributed by atoms with van der Waals surface area (Å²) < 4.78 is 0. The molecule has 2 N–H and O–H groups in total. The molecule has 0 amide bonds. The number of guanidine groups is 1. The van der Waals surface area contributed by atoms with Crippen LogP contribution in [0.2, 0.25) is 0 Å². The molecule has 2 atom stereocenters. The topological polar surface area (TPSA) is 39.7 Å². The summed E-state index contributed by atoms with van der Waals surface area (Å²) in [4.78, 5) is 6.82. The molecule has 136 valence electrons. The van der Waals surface area contributed by atoms with Crippen molar-refractivity contribution in [1.82, 2.24) is 15.5 Å². The van der Waals surface area contributed by atoms with Crippen LogP contribution in [0.15, 0.2) is 35.3 Å². The first kappa shape index (κ1) is 21.2. The van der Waals surface area contributed by atoms with Gasteiger partial charge in [-0.05, 0) is 52.1 Å². The number of aryl methyl sites for hydroxylation is 1. The number of benzene rings is 1. The van der Waals surface area contributed by atoms with E-state index in [0.717, 1.165) is 31.4 Å². The van der Waals surface area contributed by atoms with E-state index < -0.39 is 0 Å². The summed E-state index contributed by atoms with van der Waals surface area (Å²) in [6.07, 6.45) is 4.89. The molecule has 1 fully saturated rings. The number of hydrogen-bond acceptors (Lipinski definition) is 2. The summed E-state index contributed by atoms with van der Waals surface area (Å²) in [5, 5.41) is 6.96. The number of rotatable bonds is 8. The Morgan fingerprint density at radius 3 is 2.50 bits per heavy atom. The van der Waals surface area contributed by atoms with Crippen LogP contribution in [0.25, 0.3) is 0 Å². The Morgan fingerprint density at radius 2 is 1.92 bits per heavy atom. The maximum Gasteiger partial charge on any atom is 0.191 e. The highest BCUT2D eigenvalue weighted by Gasteiger charge is 2.28. The van der Waals surface area contributed by atoms with E-state index in [2.05, 4.69) is 71.8 Å². The molecule has 1 aromatic carbocycles. The highest BCUT2D eigenvalue weighted by atomic mass is 127. The molecule has 4 nitrogen and oxygen atoms in total. The average molecular weight is 444 g/mol. The van der Waals surface area contributed by atoms with E-state index in [-0.39, 0.29) is 24.0 Å². The second-order valence-electron chi connectivity index (χ2n) is 6.77. The number of aliphatic imine (C=N–C) groups is 1. The van der Waals surface area contributed by atoms with Gasteiger partial charge in [-0.2, -0.15) is 0 Å². The predicted octanol–water partition coefficient (Wildman–Crippen LogP) is 3.27. The van der Waals surface area contributed by atoms with Gasteiger partial charge in [-0.25, -0.2) is 0 Å². The van der Waals surface area contributed by atoms with Gasteiger partial charge in [-0.15, -0.1) is 24.0 Å². The van der Waals surface area contributed by atoms with Gasteiger partial charge in [0.1, 0.15) is 0 Å². The van der Waals surface area contributed by atoms with Crippen LogP contribution in [0.1, 0.15) is 38.7 Å². The highest BCUT2D eigenvalue weighted by Crippen LogP contribution is 2.26. The minimum Gasteiger partial charge on any atom is -0.355 e. The van der Waals surface area contributed by atoms with Gasteiger partial charge in [0, 0.05) is 31.7 Å². The first-order valence-corrected chi connectivity index (χ1v) is 8.83. The third-order valence-corrected chi connectivity index (χ3v) is 4.70. The van der Waals surface area contributed by atoms with Crippen LogP contribution in [-0.2, 0) is 6.42 Å². The van der Waals surface area contributed by atoms with Gasteiger partial charge in [0.25, 0.3) is 0 Å². The standard InChI is InChI=1S/C19H32N4.HI/c1-15(10-11-17-8-6-5-7-9-17)22-19(20-3)21-14-16(2)23(4)18-12-13-18;/h5-9,15-16,18H,10-14H2,1-4H3,(H2,20,21,22);1H. The molecule has 2 rings (SSSR count). The normalized spacial score (nSPS) is 17.1. The van der Waals surface area contributed by atoms with E-state index in [1.165, 1.54) is 18.4 Å². The minimum atomic E-state index is 0. The first-order valence-electron chi connectivity index (χ1n) is 8.83. The van der Waals surface area contributed by atoms with Crippen LogP contribution in [0.5, 0.6) is 0 Å². The van der Waals surface area contributed by atoms with E-state index in [0.29, 0.717) is 12.1 Å². The zero-order valence-electron chi connectivity index (χ0n) is 15.5. The largest absolute Gasteiger partial charge is 0.355 e. The lowest BCUT2D eigenvalue weighted by Crippen LogP contribution is -2.47. The summed E-state index contributed by atoms with van der Waals surface area (Å²) >= 11 is 0. The van der Waals surface area contributed by atoms with E-state index in [1.54, 1.807) is 0 Å². The van der Waals surface area contributed by atoms with E-state index in [9.17, 15) is 0 Å². The summed E-state index contributed by atoms with van der Waals surface area (Å²) in [5.74, 6) is 0.904. The van der Waals surface area contributed by atoms with Crippen molar-refractivity contribution < 1.29 is 0 Å². The van der Waals surface area contributed by atoms with Crippen molar-refractivity contribution in [3.8, 4) is 0 Å². The molecule has 0 heterocycles. The quantitative estimate of drug-likeness (QED) is 0.367. The van der Waals surface area contributed by atoms with Crippen molar-refractivity contribution in [2.75, 3.05) is 20.6 Å².